The standard InChI is InChI=1S/C21H22ClNO4/c22-16-4-1-2-6-18(16)25-11-9-21(24)23-10-3-5-17(23)15-7-8-19-20(14-15)27-13-12-26-19/h1-2,4,6-8,14,17H,3,5,9-13H2. The van der Waals surface area contributed by atoms with Gasteiger partial charge in [0.05, 0.1) is 24.1 Å². The monoisotopic (exact) mass is 387 g/mol. The molecular formula is C21H22ClNO4. The van der Waals surface area contributed by atoms with Crippen molar-refractivity contribution in [2.75, 3.05) is 26.4 Å². The average molecular weight is 388 g/mol. The number of amides is 1. The van der Waals surface area contributed by atoms with Gasteiger partial charge in [-0.15, -0.1) is 0 Å². The molecule has 4 rings (SSSR count). The number of nitrogens with zero attached hydrogens (tertiary/aromatic N) is 1. The highest BCUT2D eigenvalue weighted by Gasteiger charge is 2.30. The third-order valence-electron chi connectivity index (χ3n) is 4.93. The van der Waals surface area contributed by atoms with Crippen molar-refractivity contribution in [1.82, 2.24) is 4.90 Å². The van der Waals surface area contributed by atoms with Crippen LogP contribution in [0, 0.1) is 0 Å². The van der Waals surface area contributed by atoms with Crippen LogP contribution in [-0.4, -0.2) is 37.2 Å². The van der Waals surface area contributed by atoms with E-state index in [1.54, 1.807) is 12.1 Å². The number of rotatable bonds is 5. The largest absolute Gasteiger partial charge is 0.491 e. The van der Waals surface area contributed by atoms with Crippen LogP contribution in [0.5, 0.6) is 17.2 Å². The Morgan fingerprint density at radius 1 is 1.15 bits per heavy atom. The molecule has 1 atom stereocenters. The van der Waals surface area contributed by atoms with Crippen molar-refractivity contribution in [3.05, 3.63) is 53.1 Å². The molecule has 6 heteroatoms. The van der Waals surface area contributed by atoms with E-state index in [9.17, 15) is 4.79 Å². The van der Waals surface area contributed by atoms with Gasteiger partial charge in [-0.3, -0.25) is 4.79 Å². The van der Waals surface area contributed by atoms with Crippen LogP contribution in [0.3, 0.4) is 0 Å². The second-order valence-corrected chi connectivity index (χ2v) is 7.08. The number of benzene rings is 2. The van der Waals surface area contributed by atoms with E-state index in [1.165, 1.54) is 0 Å². The summed E-state index contributed by atoms with van der Waals surface area (Å²) in [5, 5.41) is 0.556. The van der Waals surface area contributed by atoms with Crippen molar-refractivity contribution in [3.63, 3.8) is 0 Å². The molecule has 2 aliphatic rings. The summed E-state index contributed by atoms with van der Waals surface area (Å²) in [5.41, 5.74) is 1.09. The number of para-hydroxylation sites is 1. The van der Waals surface area contributed by atoms with E-state index in [-0.39, 0.29) is 11.9 Å². The van der Waals surface area contributed by atoms with Gasteiger partial charge in [0.1, 0.15) is 19.0 Å². The predicted octanol–water partition coefficient (Wildman–Crippen LogP) is 4.24. The van der Waals surface area contributed by atoms with Crippen LogP contribution in [0.2, 0.25) is 5.02 Å². The lowest BCUT2D eigenvalue weighted by Gasteiger charge is -2.27. The molecule has 0 aliphatic carbocycles. The van der Waals surface area contributed by atoms with Gasteiger partial charge in [0.25, 0.3) is 0 Å². The SMILES string of the molecule is O=C(CCOc1ccccc1Cl)N1CCCC1c1ccc2c(c1)OCCO2. The van der Waals surface area contributed by atoms with Crippen LogP contribution in [0.4, 0.5) is 0 Å². The number of hydrogen-bond acceptors (Lipinski definition) is 4. The van der Waals surface area contributed by atoms with Crippen molar-refractivity contribution >= 4 is 17.5 Å². The van der Waals surface area contributed by atoms with Gasteiger partial charge in [-0.2, -0.15) is 0 Å². The van der Waals surface area contributed by atoms with E-state index >= 15 is 0 Å². The van der Waals surface area contributed by atoms with Crippen LogP contribution in [0.1, 0.15) is 30.9 Å². The van der Waals surface area contributed by atoms with E-state index in [1.807, 2.05) is 35.2 Å². The first kappa shape index (κ1) is 18.0. The molecule has 2 heterocycles. The molecule has 2 aromatic rings. The number of carbonyl (C=O) groups is 1. The minimum atomic E-state index is 0.0774. The molecular weight excluding hydrogens is 366 g/mol. The van der Waals surface area contributed by atoms with Crippen molar-refractivity contribution in [2.24, 2.45) is 0 Å². The van der Waals surface area contributed by atoms with E-state index in [0.29, 0.717) is 37.0 Å². The summed E-state index contributed by atoms with van der Waals surface area (Å²) >= 11 is 6.09. The lowest BCUT2D eigenvalue weighted by atomic mass is 10.0. The lowest BCUT2D eigenvalue weighted by molar-refractivity contribution is -0.132. The average Bonchev–Trinajstić information content (AvgIpc) is 3.19. The molecule has 0 saturated carbocycles. The Morgan fingerprint density at radius 3 is 2.81 bits per heavy atom. The molecule has 2 aliphatic heterocycles. The second kappa shape index (κ2) is 8.09. The highest BCUT2D eigenvalue weighted by Crippen LogP contribution is 2.38. The number of fused-ring (bicyclic) bond motifs is 1. The third-order valence-corrected chi connectivity index (χ3v) is 5.25. The molecule has 0 aromatic heterocycles. The molecule has 2 aromatic carbocycles. The van der Waals surface area contributed by atoms with E-state index < -0.39 is 0 Å². The topological polar surface area (TPSA) is 48.0 Å². The Balaban J connectivity index is 1.39. The molecule has 142 valence electrons. The summed E-state index contributed by atoms with van der Waals surface area (Å²) in [6.45, 7) is 2.21. The molecule has 0 bridgehead atoms. The molecule has 1 amide bonds. The summed E-state index contributed by atoms with van der Waals surface area (Å²) < 4.78 is 16.9. The minimum absolute atomic E-state index is 0.0774. The maximum atomic E-state index is 12.7. The molecule has 1 fully saturated rings. The summed E-state index contributed by atoms with van der Waals surface area (Å²) in [7, 11) is 0. The fraction of sp³-hybridized carbons (Fsp3) is 0.381. The first-order valence-electron chi connectivity index (χ1n) is 9.29. The molecule has 0 N–H and O–H groups in total. The van der Waals surface area contributed by atoms with Crippen LogP contribution < -0.4 is 14.2 Å². The van der Waals surface area contributed by atoms with Gasteiger partial charge in [-0.05, 0) is 42.7 Å². The summed E-state index contributed by atoms with van der Waals surface area (Å²) in [5.74, 6) is 2.24. The number of ether oxygens (including phenoxy) is 3. The zero-order chi connectivity index (χ0) is 18.6. The lowest BCUT2D eigenvalue weighted by Crippen LogP contribution is -2.31. The zero-order valence-corrected chi connectivity index (χ0v) is 15.8. The minimum Gasteiger partial charge on any atom is -0.491 e. The number of hydrogen-bond donors (Lipinski definition) is 0. The Morgan fingerprint density at radius 2 is 1.96 bits per heavy atom. The van der Waals surface area contributed by atoms with Crippen molar-refractivity contribution < 1.29 is 19.0 Å². The van der Waals surface area contributed by atoms with E-state index in [0.717, 1.165) is 36.4 Å². The van der Waals surface area contributed by atoms with Gasteiger partial charge < -0.3 is 19.1 Å². The molecule has 27 heavy (non-hydrogen) atoms. The molecule has 0 radical (unpaired) electrons. The Hall–Kier alpha value is -2.40. The highest BCUT2D eigenvalue weighted by atomic mass is 35.5. The smallest absolute Gasteiger partial charge is 0.226 e. The van der Waals surface area contributed by atoms with Crippen molar-refractivity contribution in [2.45, 2.75) is 25.3 Å². The summed E-state index contributed by atoms with van der Waals surface area (Å²) in [6.07, 6.45) is 2.28. The van der Waals surface area contributed by atoms with Crippen LogP contribution in [-0.2, 0) is 4.79 Å². The molecule has 5 nitrogen and oxygen atoms in total. The van der Waals surface area contributed by atoms with E-state index in [4.69, 9.17) is 25.8 Å². The fourth-order valence-electron chi connectivity index (χ4n) is 3.63. The Bertz CT molecular complexity index is 826. The van der Waals surface area contributed by atoms with Crippen LogP contribution in [0.25, 0.3) is 0 Å². The predicted molar refractivity (Wildman–Crippen MR) is 103 cm³/mol. The quantitative estimate of drug-likeness (QED) is 0.769. The maximum absolute atomic E-state index is 12.7. The first-order valence-corrected chi connectivity index (χ1v) is 9.66. The summed E-state index contributed by atoms with van der Waals surface area (Å²) in [4.78, 5) is 14.7. The first-order chi connectivity index (χ1) is 13.2. The Labute approximate surface area is 163 Å². The van der Waals surface area contributed by atoms with Gasteiger partial charge in [0, 0.05) is 6.54 Å². The highest BCUT2D eigenvalue weighted by molar-refractivity contribution is 6.32. The van der Waals surface area contributed by atoms with Gasteiger partial charge in [0.2, 0.25) is 5.91 Å². The zero-order valence-electron chi connectivity index (χ0n) is 15.0. The van der Waals surface area contributed by atoms with Gasteiger partial charge >= 0.3 is 0 Å². The molecule has 0 spiro atoms. The van der Waals surface area contributed by atoms with E-state index in [2.05, 4.69) is 0 Å². The Kier molecular flexibility index (Phi) is 5.39. The second-order valence-electron chi connectivity index (χ2n) is 6.68. The number of carbonyl (C=O) groups excluding carboxylic acids is 1. The maximum Gasteiger partial charge on any atom is 0.226 e. The van der Waals surface area contributed by atoms with Crippen molar-refractivity contribution in [3.8, 4) is 17.2 Å². The van der Waals surface area contributed by atoms with Gasteiger partial charge in [-0.25, -0.2) is 0 Å². The van der Waals surface area contributed by atoms with Crippen LogP contribution >= 0.6 is 11.6 Å². The van der Waals surface area contributed by atoms with Crippen molar-refractivity contribution in [1.29, 1.82) is 0 Å². The van der Waals surface area contributed by atoms with Crippen LogP contribution in [0.15, 0.2) is 42.5 Å². The summed E-state index contributed by atoms with van der Waals surface area (Å²) in [6, 6.07) is 13.3. The third kappa shape index (κ3) is 3.98. The van der Waals surface area contributed by atoms with Gasteiger partial charge in [0.15, 0.2) is 11.5 Å². The number of likely N-dealkylation sites (tertiary alicyclic amines) is 1. The number of halogens is 1. The molecule has 1 unspecified atom stereocenters. The molecule has 1 saturated heterocycles. The normalized spacial score (nSPS) is 18.4. The van der Waals surface area contributed by atoms with Gasteiger partial charge in [-0.1, -0.05) is 29.8 Å². The fourth-order valence-corrected chi connectivity index (χ4v) is 3.82.